The summed E-state index contributed by atoms with van der Waals surface area (Å²) in [6.07, 6.45) is -1.08. The van der Waals surface area contributed by atoms with Crippen molar-refractivity contribution in [2.24, 2.45) is 0 Å². The normalized spacial score (nSPS) is 11.7. The van der Waals surface area contributed by atoms with Crippen LogP contribution in [0.25, 0.3) is 11.0 Å². The van der Waals surface area contributed by atoms with Gasteiger partial charge in [0.25, 0.3) is 0 Å². The minimum absolute atomic E-state index is 0.230. The number of benzene rings is 2. The van der Waals surface area contributed by atoms with Crippen molar-refractivity contribution in [1.29, 1.82) is 0 Å². The minimum atomic E-state index is -1.08. The fraction of sp³-hybridized carbons (Fsp3) is 0.190. The van der Waals surface area contributed by atoms with Crippen molar-refractivity contribution in [1.82, 2.24) is 0 Å². The molecule has 0 aliphatic carbocycles. The number of para-hydroxylation sites is 1. The Labute approximate surface area is 160 Å². The molecule has 0 N–H and O–H groups in total. The molecular formula is C21H18O7. The third-order valence-electron chi connectivity index (χ3n) is 4.19. The summed E-state index contributed by atoms with van der Waals surface area (Å²) in [5.41, 5.74) is -0.577. The lowest BCUT2D eigenvalue weighted by Crippen LogP contribution is -2.27. The zero-order valence-electron chi connectivity index (χ0n) is 15.6. The molecule has 2 aromatic carbocycles. The highest BCUT2D eigenvalue weighted by Gasteiger charge is 2.23. The number of carbonyl (C=O) groups excluding carboxylic acids is 2. The maximum absolute atomic E-state index is 12.5. The first-order chi connectivity index (χ1) is 13.4. The van der Waals surface area contributed by atoms with E-state index in [2.05, 4.69) is 0 Å². The minimum Gasteiger partial charge on any atom is -0.497 e. The van der Waals surface area contributed by atoms with Gasteiger partial charge < -0.3 is 18.6 Å². The van der Waals surface area contributed by atoms with E-state index in [9.17, 15) is 14.4 Å². The van der Waals surface area contributed by atoms with Crippen LogP contribution in [0.2, 0.25) is 0 Å². The van der Waals surface area contributed by atoms with Gasteiger partial charge in [0.05, 0.1) is 14.2 Å². The van der Waals surface area contributed by atoms with Crippen LogP contribution >= 0.6 is 0 Å². The van der Waals surface area contributed by atoms with E-state index < -0.39 is 23.5 Å². The first-order valence-corrected chi connectivity index (χ1v) is 8.44. The first-order valence-electron chi connectivity index (χ1n) is 8.44. The largest absolute Gasteiger partial charge is 0.497 e. The summed E-state index contributed by atoms with van der Waals surface area (Å²) in [5.74, 6) is -0.362. The number of hydrogen-bond acceptors (Lipinski definition) is 7. The zero-order valence-corrected chi connectivity index (χ0v) is 15.6. The van der Waals surface area contributed by atoms with Crippen LogP contribution in [0.3, 0.4) is 0 Å². The topological polar surface area (TPSA) is 92.0 Å². The second kappa shape index (κ2) is 7.96. The third-order valence-corrected chi connectivity index (χ3v) is 4.19. The second-order valence-electron chi connectivity index (χ2n) is 5.97. The summed E-state index contributed by atoms with van der Waals surface area (Å²) < 4.78 is 20.6. The smallest absolute Gasteiger partial charge is 0.351 e. The summed E-state index contributed by atoms with van der Waals surface area (Å²) >= 11 is 0. The molecule has 1 heterocycles. The van der Waals surface area contributed by atoms with Gasteiger partial charge in [0.1, 0.15) is 11.3 Å². The number of fused-ring (bicyclic) bond motifs is 1. The number of ether oxygens (including phenoxy) is 3. The second-order valence-corrected chi connectivity index (χ2v) is 5.97. The van der Waals surface area contributed by atoms with Gasteiger partial charge in [-0.05, 0) is 43.3 Å². The number of methoxy groups -OCH3 is 2. The SMILES string of the molecule is COc1ccc(C(=O)[C@@H](C)OC(=O)c2cc3cccc(OC)c3oc2=O)cc1. The number of ketones is 1. The van der Waals surface area contributed by atoms with Gasteiger partial charge in [-0.1, -0.05) is 12.1 Å². The third kappa shape index (κ3) is 3.73. The molecule has 7 heteroatoms. The van der Waals surface area contributed by atoms with Crippen LogP contribution in [0.15, 0.2) is 57.7 Å². The molecule has 0 saturated carbocycles. The van der Waals surface area contributed by atoms with Crippen LogP contribution in [0, 0.1) is 0 Å². The molecule has 3 rings (SSSR count). The predicted octanol–water partition coefficient (Wildman–Crippen LogP) is 3.24. The Hall–Kier alpha value is -3.61. The molecule has 0 saturated heterocycles. The number of hydrogen-bond donors (Lipinski definition) is 0. The molecule has 0 radical (unpaired) electrons. The van der Waals surface area contributed by atoms with E-state index in [1.54, 1.807) is 42.5 Å². The highest BCUT2D eigenvalue weighted by Crippen LogP contribution is 2.24. The molecule has 0 spiro atoms. The Kier molecular flexibility index (Phi) is 5.44. The standard InChI is InChI=1S/C21H18O7/c1-12(18(22)13-7-9-15(25-2)10-8-13)27-20(23)16-11-14-5-4-6-17(26-3)19(14)28-21(16)24/h4-12H,1-3H3/t12-/m1/s1. The monoisotopic (exact) mass is 382 g/mol. The van der Waals surface area contributed by atoms with Gasteiger partial charge in [0.2, 0.25) is 5.78 Å². The van der Waals surface area contributed by atoms with Gasteiger partial charge in [0, 0.05) is 10.9 Å². The Balaban J connectivity index is 1.82. The summed E-state index contributed by atoms with van der Waals surface area (Å²) in [7, 11) is 2.97. The maximum Gasteiger partial charge on any atom is 0.351 e. The fourth-order valence-electron chi connectivity index (χ4n) is 2.69. The van der Waals surface area contributed by atoms with Crippen LogP contribution in [-0.2, 0) is 4.74 Å². The molecule has 0 amide bonds. The van der Waals surface area contributed by atoms with E-state index in [0.29, 0.717) is 22.4 Å². The number of carbonyl (C=O) groups is 2. The highest BCUT2D eigenvalue weighted by atomic mass is 16.5. The van der Waals surface area contributed by atoms with Crippen molar-refractivity contribution in [2.45, 2.75) is 13.0 Å². The molecule has 0 bridgehead atoms. The van der Waals surface area contributed by atoms with Crippen LogP contribution in [0.5, 0.6) is 11.5 Å². The van der Waals surface area contributed by atoms with Crippen LogP contribution < -0.4 is 15.1 Å². The fourth-order valence-corrected chi connectivity index (χ4v) is 2.69. The molecule has 0 aliphatic heterocycles. The lowest BCUT2D eigenvalue weighted by atomic mass is 10.1. The van der Waals surface area contributed by atoms with Crippen LogP contribution in [0.4, 0.5) is 0 Å². The Morgan fingerprint density at radius 3 is 2.36 bits per heavy atom. The van der Waals surface area contributed by atoms with Gasteiger partial charge in [0.15, 0.2) is 17.4 Å². The summed E-state index contributed by atoms with van der Waals surface area (Å²) in [4.78, 5) is 37.1. The van der Waals surface area contributed by atoms with Crippen molar-refractivity contribution < 1.29 is 28.2 Å². The average molecular weight is 382 g/mol. The van der Waals surface area contributed by atoms with E-state index in [-0.39, 0.29) is 11.1 Å². The molecule has 3 aromatic rings. The molecule has 1 atom stereocenters. The van der Waals surface area contributed by atoms with Crippen molar-refractivity contribution in [3.63, 3.8) is 0 Å². The highest BCUT2D eigenvalue weighted by molar-refractivity contribution is 6.02. The molecule has 1 aromatic heterocycles. The molecule has 0 unspecified atom stereocenters. The van der Waals surface area contributed by atoms with E-state index in [4.69, 9.17) is 18.6 Å². The van der Waals surface area contributed by atoms with Gasteiger partial charge in [-0.3, -0.25) is 4.79 Å². The van der Waals surface area contributed by atoms with Crippen molar-refractivity contribution in [3.8, 4) is 11.5 Å². The molecule has 7 nitrogen and oxygen atoms in total. The predicted molar refractivity (Wildman–Crippen MR) is 101 cm³/mol. The van der Waals surface area contributed by atoms with E-state index in [1.165, 1.54) is 27.2 Å². The Morgan fingerprint density at radius 1 is 1.00 bits per heavy atom. The summed E-state index contributed by atoms with van der Waals surface area (Å²) in [5, 5.41) is 0.500. The molecule has 0 fully saturated rings. The quantitative estimate of drug-likeness (QED) is 0.367. The first kappa shape index (κ1) is 19.2. The maximum atomic E-state index is 12.5. The average Bonchev–Trinajstić information content (AvgIpc) is 2.72. The van der Waals surface area contributed by atoms with Crippen molar-refractivity contribution in [2.75, 3.05) is 14.2 Å². The van der Waals surface area contributed by atoms with Gasteiger partial charge in [-0.2, -0.15) is 0 Å². The van der Waals surface area contributed by atoms with Crippen molar-refractivity contribution in [3.05, 3.63) is 70.1 Å². The Bertz CT molecular complexity index is 1080. The number of Topliss-reactive ketones (excluding diaryl/α,β-unsaturated/α-hetero) is 1. The van der Waals surface area contributed by atoms with Crippen LogP contribution in [-0.4, -0.2) is 32.1 Å². The Morgan fingerprint density at radius 2 is 1.71 bits per heavy atom. The van der Waals surface area contributed by atoms with Gasteiger partial charge >= 0.3 is 11.6 Å². The van der Waals surface area contributed by atoms with Gasteiger partial charge in [-0.25, -0.2) is 9.59 Å². The van der Waals surface area contributed by atoms with Crippen LogP contribution in [0.1, 0.15) is 27.6 Å². The summed E-state index contributed by atoms with van der Waals surface area (Å²) in [6, 6.07) is 12.8. The van der Waals surface area contributed by atoms with E-state index >= 15 is 0 Å². The molecule has 0 aliphatic rings. The molecule has 144 valence electrons. The number of rotatable bonds is 6. The van der Waals surface area contributed by atoms with E-state index in [1.807, 2.05) is 0 Å². The zero-order chi connectivity index (χ0) is 20.3. The van der Waals surface area contributed by atoms with Crippen molar-refractivity contribution >= 4 is 22.7 Å². The molecular weight excluding hydrogens is 364 g/mol. The van der Waals surface area contributed by atoms with E-state index in [0.717, 1.165) is 0 Å². The lowest BCUT2D eigenvalue weighted by Gasteiger charge is -2.12. The molecule has 28 heavy (non-hydrogen) atoms. The lowest BCUT2D eigenvalue weighted by molar-refractivity contribution is 0.0315. The number of esters is 1. The summed E-state index contributed by atoms with van der Waals surface area (Å²) in [6.45, 7) is 1.44. The van der Waals surface area contributed by atoms with Gasteiger partial charge in [-0.15, -0.1) is 0 Å².